The summed E-state index contributed by atoms with van der Waals surface area (Å²) in [4.78, 5) is 18.8. The number of hydrogen-bond donors (Lipinski definition) is 2. The van der Waals surface area contributed by atoms with Crippen LogP contribution in [0, 0.1) is 12.7 Å². The third-order valence-electron chi connectivity index (χ3n) is 2.22. The van der Waals surface area contributed by atoms with Gasteiger partial charge in [0, 0.05) is 18.0 Å². The molecule has 0 amide bonds. The Morgan fingerprint density at radius 3 is 2.83 bits per heavy atom. The van der Waals surface area contributed by atoms with E-state index in [1.165, 1.54) is 18.3 Å². The van der Waals surface area contributed by atoms with Gasteiger partial charge in [-0.2, -0.15) is 0 Å². The van der Waals surface area contributed by atoms with Gasteiger partial charge in [-0.1, -0.05) is 0 Å². The summed E-state index contributed by atoms with van der Waals surface area (Å²) < 4.78 is 13.0. The van der Waals surface area contributed by atoms with Gasteiger partial charge < -0.3 is 10.4 Å². The van der Waals surface area contributed by atoms with Gasteiger partial charge in [-0.05, 0) is 25.1 Å². The van der Waals surface area contributed by atoms with E-state index < -0.39 is 11.8 Å². The van der Waals surface area contributed by atoms with Crippen molar-refractivity contribution in [1.29, 1.82) is 0 Å². The van der Waals surface area contributed by atoms with E-state index in [1.807, 2.05) is 0 Å². The van der Waals surface area contributed by atoms with Crippen molar-refractivity contribution in [2.24, 2.45) is 0 Å². The molecule has 0 saturated carbocycles. The minimum absolute atomic E-state index is 0.124. The molecule has 5 nitrogen and oxygen atoms in total. The summed E-state index contributed by atoms with van der Waals surface area (Å²) in [5.74, 6) is -1.38. The van der Waals surface area contributed by atoms with E-state index >= 15 is 0 Å². The predicted octanol–water partition coefficient (Wildman–Crippen LogP) is 2.37. The van der Waals surface area contributed by atoms with E-state index in [4.69, 9.17) is 5.11 Å². The third kappa shape index (κ3) is 2.60. The Bertz CT molecular complexity index is 602. The van der Waals surface area contributed by atoms with Gasteiger partial charge in [0.2, 0.25) is 0 Å². The lowest BCUT2D eigenvalue weighted by atomic mass is 10.2. The van der Waals surface area contributed by atoms with Crippen LogP contribution in [-0.4, -0.2) is 21.0 Å². The molecule has 2 aromatic heterocycles. The molecule has 0 aliphatic rings. The largest absolute Gasteiger partial charge is 0.476 e. The summed E-state index contributed by atoms with van der Waals surface area (Å²) in [6.07, 6.45) is 1.29. The van der Waals surface area contributed by atoms with E-state index in [0.29, 0.717) is 5.69 Å². The van der Waals surface area contributed by atoms with E-state index in [0.717, 1.165) is 0 Å². The molecule has 0 aliphatic heterocycles. The Labute approximate surface area is 102 Å². The number of nitrogens with one attached hydrogen (secondary N) is 1. The number of carboxylic acids is 1. The van der Waals surface area contributed by atoms with Crippen molar-refractivity contribution in [1.82, 2.24) is 9.97 Å². The SMILES string of the molecule is Cc1ccc(Nc2cc(F)ccn2)c(C(=O)O)n1. The van der Waals surface area contributed by atoms with Gasteiger partial charge in [0.25, 0.3) is 0 Å². The summed E-state index contributed by atoms with van der Waals surface area (Å²) in [6, 6.07) is 5.61. The van der Waals surface area contributed by atoms with Gasteiger partial charge in [0.15, 0.2) is 5.69 Å². The van der Waals surface area contributed by atoms with E-state index in [2.05, 4.69) is 15.3 Å². The first-order valence-electron chi connectivity index (χ1n) is 5.16. The number of carbonyl (C=O) groups is 1. The van der Waals surface area contributed by atoms with Gasteiger partial charge in [-0.25, -0.2) is 19.2 Å². The van der Waals surface area contributed by atoms with Crippen LogP contribution in [0.25, 0.3) is 0 Å². The maximum atomic E-state index is 13.0. The number of anilines is 2. The summed E-state index contributed by atoms with van der Waals surface area (Å²) in [5, 5.41) is 11.8. The number of aromatic nitrogens is 2. The Balaban J connectivity index is 2.37. The normalized spacial score (nSPS) is 10.1. The maximum absolute atomic E-state index is 13.0. The van der Waals surface area contributed by atoms with E-state index in [-0.39, 0.29) is 17.2 Å². The fraction of sp³-hybridized carbons (Fsp3) is 0.0833. The van der Waals surface area contributed by atoms with Crippen LogP contribution in [0.5, 0.6) is 0 Å². The third-order valence-corrected chi connectivity index (χ3v) is 2.22. The van der Waals surface area contributed by atoms with Crippen LogP contribution in [0.1, 0.15) is 16.2 Å². The Kier molecular flexibility index (Phi) is 3.18. The van der Waals surface area contributed by atoms with Crippen LogP contribution < -0.4 is 5.32 Å². The lowest BCUT2D eigenvalue weighted by Crippen LogP contribution is -2.07. The lowest BCUT2D eigenvalue weighted by Gasteiger charge is -2.08. The molecule has 0 atom stereocenters. The average Bonchev–Trinajstić information content (AvgIpc) is 2.31. The quantitative estimate of drug-likeness (QED) is 0.870. The Morgan fingerprint density at radius 1 is 1.39 bits per heavy atom. The zero-order valence-corrected chi connectivity index (χ0v) is 9.51. The van der Waals surface area contributed by atoms with E-state index in [1.54, 1.807) is 19.1 Å². The molecule has 0 spiro atoms. The zero-order chi connectivity index (χ0) is 13.1. The number of pyridine rings is 2. The smallest absolute Gasteiger partial charge is 0.356 e. The second-order valence-electron chi connectivity index (χ2n) is 3.64. The lowest BCUT2D eigenvalue weighted by molar-refractivity contribution is 0.0691. The highest BCUT2D eigenvalue weighted by molar-refractivity contribution is 5.92. The van der Waals surface area contributed by atoms with Gasteiger partial charge >= 0.3 is 5.97 Å². The minimum atomic E-state index is -1.15. The van der Waals surface area contributed by atoms with Crippen LogP contribution >= 0.6 is 0 Å². The summed E-state index contributed by atoms with van der Waals surface area (Å²) in [5.41, 5.74) is 0.734. The van der Waals surface area contributed by atoms with Crippen molar-refractivity contribution in [3.63, 3.8) is 0 Å². The highest BCUT2D eigenvalue weighted by Gasteiger charge is 2.12. The number of aryl methyl sites for hydroxylation is 1. The molecular weight excluding hydrogens is 237 g/mol. The zero-order valence-electron chi connectivity index (χ0n) is 9.51. The fourth-order valence-corrected chi connectivity index (χ4v) is 1.43. The summed E-state index contributed by atoms with van der Waals surface area (Å²) >= 11 is 0. The topological polar surface area (TPSA) is 75.1 Å². The molecule has 0 aliphatic carbocycles. The maximum Gasteiger partial charge on any atom is 0.356 e. The average molecular weight is 247 g/mol. The second kappa shape index (κ2) is 4.79. The van der Waals surface area contributed by atoms with Gasteiger partial charge in [-0.3, -0.25) is 0 Å². The molecule has 18 heavy (non-hydrogen) atoms. The fourth-order valence-electron chi connectivity index (χ4n) is 1.43. The molecule has 0 saturated heterocycles. The molecule has 6 heteroatoms. The molecule has 2 aromatic rings. The highest BCUT2D eigenvalue weighted by atomic mass is 19.1. The van der Waals surface area contributed by atoms with Crippen LogP contribution in [0.2, 0.25) is 0 Å². The minimum Gasteiger partial charge on any atom is -0.476 e. The molecule has 0 fully saturated rings. The van der Waals surface area contributed by atoms with Gasteiger partial charge in [-0.15, -0.1) is 0 Å². The van der Waals surface area contributed by atoms with Crippen molar-refractivity contribution in [3.05, 3.63) is 47.7 Å². The molecule has 0 radical (unpaired) electrons. The second-order valence-corrected chi connectivity index (χ2v) is 3.64. The van der Waals surface area contributed by atoms with Crippen LogP contribution in [-0.2, 0) is 0 Å². The van der Waals surface area contributed by atoms with Crippen LogP contribution in [0.3, 0.4) is 0 Å². The molecule has 0 aromatic carbocycles. The number of aromatic carboxylic acids is 1. The van der Waals surface area contributed by atoms with Gasteiger partial charge in [0.1, 0.15) is 11.6 Å². The molecule has 0 unspecified atom stereocenters. The molecular formula is C12H10FN3O2. The molecule has 0 bridgehead atoms. The number of hydrogen-bond acceptors (Lipinski definition) is 4. The summed E-state index contributed by atoms with van der Waals surface area (Å²) in [6.45, 7) is 1.69. The molecule has 2 rings (SSSR count). The number of carboxylic acid groups (broad SMARTS) is 1. The number of rotatable bonds is 3. The van der Waals surface area contributed by atoms with E-state index in [9.17, 15) is 9.18 Å². The van der Waals surface area contributed by atoms with Crippen LogP contribution in [0.15, 0.2) is 30.5 Å². The van der Waals surface area contributed by atoms with Gasteiger partial charge in [0.05, 0.1) is 5.69 Å². The highest BCUT2D eigenvalue weighted by Crippen LogP contribution is 2.19. The van der Waals surface area contributed by atoms with Crippen molar-refractivity contribution >= 4 is 17.5 Å². The Morgan fingerprint density at radius 2 is 2.17 bits per heavy atom. The first-order valence-corrected chi connectivity index (χ1v) is 5.16. The van der Waals surface area contributed by atoms with Crippen molar-refractivity contribution in [2.45, 2.75) is 6.92 Å². The summed E-state index contributed by atoms with van der Waals surface area (Å²) in [7, 11) is 0. The Hall–Kier alpha value is -2.50. The van der Waals surface area contributed by atoms with Crippen LogP contribution in [0.4, 0.5) is 15.9 Å². The standard InChI is InChI=1S/C12H10FN3O2/c1-7-2-3-9(11(15-7)12(17)18)16-10-6-8(13)4-5-14-10/h2-6H,1H3,(H,14,16)(H,17,18). The van der Waals surface area contributed by atoms with Crippen molar-refractivity contribution < 1.29 is 14.3 Å². The predicted molar refractivity (Wildman–Crippen MR) is 63.4 cm³/mol. The molecule has 2 heterocycles. The first kappa shape index (κ1) is 12.0. The van der Waals surface area contributed by atoms with Crippen molar-refractivity contribution in [3.8, 4) is 0 Å². The monoisotopic (exact) mass is 247 g/mol. The number of nitrogens with zero attached hydrogens (tertiary/aromatic N) is 2. The molecule has 92 valence electrons. The molecule has 2 N–H and O–H groups in total. The van der Waals surface area contributed by atoms with Crippen molar-refractivity contribution in [2.75, 3.05) is 5.32 Å². The number of halogens is 1. The first-order chi connectivity index (χ1) is 8.56.